The number of rotatable bonds is 5. The van der Waals surface area contributed by atoms with E-state index in [-0.39, 0.29) is 18.4 Å². The number of carbonyl (C=O) groups is 2. The van der Waals surface area contributed by atoms with Crippen molar-refractivity contribution in [2.45, 2.75) is 12.5 Å². The van der Waals surface area contributed by atoms with E-state index in [1.165, 1.54) is 17.2 Å². The average molecular weight is 517 g/mol. The normalized spacial score (nSPS) is 14.7. The highest BCUT2D eigenvalue weighted by Crippen LogP contribution is 2.36. The van der Waals surface area contributed by atoms with E-state index in [0.29, 0.717) is 45.1 Å². The number of hydrogen-bond donors (Lipinski definition) is 4. The number of H-pyrrole nitrogens is 1. The first-order valence-electron chi connectivity index (χ1n) is 11.0. The molecule has 0 saturated carbocycles. The Morgan fingerprint density at radius 3 is 2.78 bits per heavy atom. The molecule has 1 amide bonds. The molecule has 0 aliphatic carbocycles. The van der Waals surface area contributed by atoms with Gasteiger partial charge >= 0.3 is 6.09 Å². The van der Waals surface area contributed by atoms with Crippen LogP contribution in [0.3, 0.4) is 0 Å². The molecule has 0 fully saturated rings. The molecule has 37 heavy (non-hydrogen) atoms. The Bertz CT molecular complexity index is 1620. The van der Waals surface area contributed by atoms with E-state index in [4.69, 9.17) is 16.7 Å². The number of aromatic nitrogens is 8. The van der Waals surface area contributed by atoms with Gasteiger partial charge in [-0.15, -0.1) is 5.10 Å². The van der Waals surface area contributed by atoms with E-state index in [1.54, 1.807) is 41.1 Å². The Balaban J connectivity index is 1.29. The highest BCUT2D eigenvalue weighted by molar-refractivity contribution is 6.30. The first kappa shape index (κ1) is 22.4. The molecule has 1 aliphatic rings. The minimum Gasteiger partial charge on any atom is -0.465 e. The molecular formula is C23H17ClN10O3. The molecule has 6 rings (SSSR count). The summed E-state index contributed by atoms with van der Waals surface area (Å²) in [4.78, 5) is 36.0. The second kappa shape index (κ2) is 8.87. The molecular weight excluding hydrogens is 500 g/mol. The van der Waals surface area contributed by atoms with Crippen molar-refractivity contribution in [1.29, 1.82) is 0 Å². The van der Waals surface area contributed by atoms with Crippen LogP contribution in [0.15, 0.2) is 61.2 Å². The molecule has 184 valence electrons. The number of pyridine rings is 1. The van der Waals surface area contributed by atoms with Crippen molar-refractivity contribution in [1.82, 2.24) is 39.7 Å². The van der Waals surface area contributed by atoms with Crippen LogP contribution in [0, 0.1) is 0 Å². The lowest BCUT2D eigenvalue weighted by atomic mass is 9.99. The van der Waals surface area contributed by atoms with Crippen LogP contribution in [0.1, 0.15) is 22.8 Å². The van der Waals surface area contributed by atoms with E-state index >= 15 is 0 Å². The summed E-state index contributed by atoms with van der Waals surface area (Å²) in [5, 5.41) is 26.4. The van der Waals surface area contributed by atoms with E-state index < -0.39 is 6.09 Å². The minimum absolute atomic E-state index is 0.124. The fourth-order valence-corrected chi connectivity index (χ4v) is 4.48. The quantitative estimate of drug-likeness (QED) is 0.271. The van der Waals surface area contributed by atoms with Crippen LogP contribution in [0.2, 0.25) is 5.02 Å². The van der Waals surface area contributed by atoms with Gasteiger partial charge in [0.25, 0.3) is 0 Å². The molecule has 0 spiro atoms. The standard InChI is InChI=1S/C23H17ClN10O3/c24-12-1-4-18(33-11-27-31-32-33)14(7-12)16-8-21(35)34-19(5-6-20(34)29-16)22-26-10-17(30-22)15-3-2-13(9-25-15)28-23(36)37/h1-7,9-11,16,28-29H,8H2,(H,26,30)(H,36,37). The molecule has 5 heterocycles. The second-order valence-electron chi connectivity index (χ2n) is 8.20. The maximum Gasteiger partial charge on any atom is 0.409 e. The number of fused-ring (bicyclic) bond motifs is 1. The number of nitrogens with one attached hydrogen (secondary N) is 3. The van der Waals surface area contributed by atoms with Crippen LogP contribution >= 0.6 is 11.6 Å². The topological polar surface area (TPSA) is 169 Å². The Hall–Kier alpha value is -5.04. The van der Waals surface area contributed by atoms with Gasteiger partial charge in [-0.1, -0.05) is 11.6 Å². The minimum atomic E-state index is -1.17. The van der Waals surface area contributed by atoms with Crippen molar-refractivity contribution in [3.8, 4) is 28.6 Å². The molecule has 4 aromatic heterocycles. The molecule has 1 aliphatic heterocycles. The lowest BCUT2D eigenvalue weighted by molar-refractivity contribution is 0.0891. The summed E-state index contributed by atoms with van der Waals surface area (Å²) >= 11 is 6.28. The van der Waals surface area contributed by atoms with Crippen LogP contribution < -0.4 is 10.6 Å². The third-order valence-electron chi connectivity index (χ3n) is 5.90. The number of anilines is 2. The molecule has 5 aromatic rings. The van der Waals surface area contributed by atoms with Gasteiger partial charge in [-0.3, -0.25) is 19.7 Å². The van der Waals surface area contributed by atoms with Gasteiger partial charge in [-0.05, 0) is 52.9 Å². The highest BCUT2D eigenvalue weighted by Gasteiger charge is 2.30. The number of nitrogens with zero attached hydrogens (tertiary/aromatic N) is 7. The molecule has 1 unspecified atom stereocenters. The number of imidazole rings is 1. The van der Waals surface area contributed by atoms with Crippen molar-refractivity contribution in [3.63, 3.8) is 0 Å². The van der Waals surface area contributed by atoms with Gasteiger partial charge in [0.2, 0.25) is 5.91 Å². The third-order valence-corrected chi connectivity index (χ3v) is 6.14. The van der Waals surface area contributed by atoms with Gasteiger partial charge in [0, 0.05) is 10.6 Å². The summed E-state index contributed by atoms with van der Waals surface area (Å²) in [7, 11) is 0. The summed E-state index contributed by atoms with van der Waals surface area (Å²) in [5.41, 5.74) is 3.63. The lowest BCUT2D eigenvalue weighted by Gasteiger charge is -2.28. The monoisotopic (exact) mass is 516 g/mol. The van der Waals surface area contributed by atoms with Crippen molar-refractivity contribution in [3.05, 3.63) is 71.8 Å². The third kappa shape index (κ3) is 4.16. The summed E-state index contributed by atoms with van der Waals surface area (Å²) < 4.78 is 3.10. The molecule has 1 atom stereocenters. The molecule has 0 saturated heterocycles. The second-order valence-corrected chi connectivity index (χ2v) is 8.64. The zero-order valence-electron chi connectivity index (χ0n) is 18.8. The van der Waals surface area contributed by atoms with Gasteiger partial charge < -0.3 is 15.4 Å². The Morgan fingerprint density at radius 1 is 1.14 bits per heavy atom. The van der Waals surface area contributed by atoms with Gasteiger partial charge in [-0.2, -0.15) is 0 Å². The molecule has 13 nitrogen and oxygen atoms in total. The fraction of sp³-hybridized carbons (Fsp3) is 0.0870. The maximum absolute atomic E-state index is 13.3. The van der Waals surface area contributed by atoms with Gasteiger partial charge in [0.05, 0.1) is 53.3 Å². The number of carbonyl (C=O) groups excluding carboxylic acids is 1. The van der Waals surface area contributed by atoms with Crippen LogP contribution in [-0.4, -0.2) is 56.8 Å². The van der Waals surface area contributed by atoms with Crippen LogP contribution in [0.25, 0.3) is 28.6 Å². The fourth-order valence-electron chi connectivity index (χ4n) is 4.30. The van der Waals surface area contributed by atoms with Gasteiger partial charge in [0.15, 0.2) is 5.82 Å². The van der Waals surface area contributed by atoms with Crippen molar-refractivity contribution < 1.29 is 14.7 Å². The van der Waals surface area contributed by atoms with E-state index in [1.807, 2.05) is 12.1 Å². The first-order chi connectivity index (χ1) is 18.0. The van der Waals surface area contributed by atoms with Crippen LogP contribution in [0.5, 0.6) is 0 Å². The number of tetrazole rings is 1. The summed E-state index contributed by atoms with van der Waals surface area (Å²) in [6, 6.07) is 11.9. The zero-order chi connectivity index (χ0) is 25.5. The number of halogens is 1. The molecule has 0 radical (unpaired) electrons. The van der Waals surface area contributed by atoms with Crippen molar-refractivity contribution >= 4 is 35.1 Å². The lowest BCUT2D eigenvalue weighted by Crippen LogP contribution is -2.29. The SMILES string of the molecule is O=C(O)Nc1ccc(-c2cnc(-c3ccc4n3C(=O)CC(c3cc(Cl)ccc3-n3cnnn3)N4)[nH]2)nc1. The van der Waals surface area contributed by atoms with Gasteiger partial charge in [-0.25, -0.2) is 14.5 Å². The summed E-state index contributed by atoms with van der Waals surface area (Å²) in [6.07, 6.45) is 3.50. The Labute approximate surface area is 213 Å². The molecule has 0 bridgehead atoms. The predicted octanol–water partition coefficient (Wildman–Crippen LogP) is 3.86. The average Bonchev–Trinajstić information content (AvgIpc) is 3.65. The zero-order valence-corrected chi connectivity index (χ0v) is 19.6. The first-order valence-corrected chi connectivity index (χ1v) is 11.4. The summed E-state index contributed by atoms with van der Waals surface area (Å²) in [5.74, 6) is 0.974. The Kier molecular flexibility index (Phi) is 5.38. The Morgan fingerprint density at radius 2 is 2.03 bits per heavy atom. The van der Waals surface area contributed by atoms with E-state index in [2.05, 4.69) is 41.1 Å². The largest absolute Gasteiger partial charge is 0.465 e. The number of amides is 1. The predicted molar refractivity (Wildman–Crippen MR) is 133 cm³/mol. The van der Waals surface area contributed by atoms with E-state index in [9.17, 15) is 9.59 Å². The number of carboxylic acid groups (broad SMARTS) is 1. The smallest absolute Gasteiger partial charge is 0.409 e. The van der Waals surface area contributed by atoms with Crippen LogP contribution in [-0.2, 0) is 0 Å². The molecule has 1 aromatic carbocycles. The maximum atomic E-state index is 13.3. The van der Waals surface area contributed by atoms with Crippen molar-refractivity contribution in [2.24, 2.45) is 0 Å². The van der Waals surface area contributed by atoms with Gasteiger partial charge in [0.1, 0.15) is 12.1 Å². The molecule has 14 heteroatoms. The van der Waals surface area contributed by atoms with Crippen LogP contribution in [0.4, 0.5) is 16.3 Å². The highest BCUT2D eigenvalue weighted by atomic mass is 35.5. The number of benzene rings is 1. The summed E-state index contributed by atoms with van der Waals surface area (Å²) in [6.45, 7) is 0. The van der Waals surface area contributed by atoms with Crippen molar-refractivity contribution in [2.75, 3.05) is 10.6 Å². The number of aromatic amines is 1. The molecule has 4 N–H and O–H groups in total. The van der Waals surface area contributed by atoms with E-state index in [0.717, 1.165) is 5.56 Å². The number of hydrogen-bond acceptors (Lipinski definition) is 8.